The second-order valence-electron chi connectivity index (χ2n) is 6.65. The van der Waals surface area contributed by atoms with Crippen molar-refractivity contribution in [2.45, 2.75) is 51.6 Å². The Labute approximate surface area is 139 Å². The van der Waals surface area contributed by atoms with Crippen LogP contribution in [0.4, 0.5) is 13.2 Å². The maximum Gasteiger partial charge on any atom is 0.573 e. The van der Waals surface area contributed by atoms with E-state index >= 15 is 0 Å². The summed E-state index contributed by atoms with van der Waals surface area (Å²) in [6.45, 7) is 8.25. The van der Waals surface area contributed by atoms with Crippen molar-refractivity contribution in [1.82, 2.24) is 4.90 Å². The molecule has 1 aromatic carbocycles. The van der Waals surface area contributed by atoms with Crippen LogP contribution in [0.5, 0.6) is 11.5 Å². The van der Waals surface area contributed by atoms with Crippen molar-refractivity contribution in [2.24, 2.45) is 0 Å². The van der Waals surface area contributed by atoms with Crippen LogP contribution < -0.4 is 9.47 Å². The second-order valence-corrected chi connectivity index (χ2v) is 7.08. The van der Waals surface area contributed by atoms with Crippen LogP contribution in [0, 0.1) is 0 Å². The summed E-state index contributed by atoms with van der Waals surface area (Å²) in [5.74, 6) is -0.0712. The Morgan fingerprint density at radius 1 is 1.04 bits per heavy atom. The Hall–Kier alpha value is -1.14. The van der Waals surface area contributed by atoms with Crippen LogP contribution in [0.3, 0.4) is 0 Å². The molecule has 0 bridgehead atoms. The standard InChI is InChI=1S/C16H21ClF3NO2/c1-15(2,3)21-6-4-12(5-7-21)22-13-8-11(17)9-14(10-13)23-16(18,19)20/h8-10,12H,4-7H2,1-3H3. The number of hydrogen-bond acceptors (Lipinski definition) is 3. The fourth-order valence-corrected chi connectivity index (χ4v) is 2.85. The van der Waals surface area contributed by atoms with E-state index in [1.54, 1.807) is 0 Å². The lowest BCUT2D eigenvalue weighted by Gasteiger charge is -2.40. The summed E-state index contributed by atoms with van der Waals surface area (Å²) in [6, 6.07) is 3.83. The van der Waals surface area contributed by atoms with Gasteiger partial charge >= 0.3 is 6.36 Å². The van der Waals surface area contributed by atoms with Crippen LogP contribution in [0.2, 0.25) is 5.02 Å². The molecule has 1 aliphatic heterocycles. The summed E-state index contributed by atoms with van der Waals surface area (Å²) < 4.78 is 46.6. The monoisotopic (exact) mass is 351 g/mol. The van der Waals surface area contributed by atoms with Crippen molar-refractivity contribution in [3.05, 3.63) is 23.2 Å². The Morgan fingerprint density at radius 2 is 1.61 bits per heavy atom. The molecule has 0 aliphatic carbocycles. The van der Waals surface area contributed by atoms with E-state index in [1.807, 2.05) is 0 Å². The zero-order chi connectivity index (χ0) is 17.3. The molecule has 0 saturated carbocycles. The molecule has 0 amide bonds. The van der Waals surface area contributed by atoms with Gasteiger partial charge < -0.3 is 9.47 Å². The number of ether oxygens (including phenoxy) is 2. The molecule has 3 nitrogen and oxygen atoms in total. The summed E-state index contributed by atoms with van der Waals surface area (Å²) in [7, 11) is 0. The Morgan fingerprint density at radius 3 is 2.13 bits per heavy atom. The number of nitrogens with zero attached hydrogens (tertiary/aromatic N) is 1. The molecule has 0 atom stereocenters. The predicted octanol–water partition coefficient (Wildman–Crippen LogP) is 4.88. The molecule has 0 radical (unpaired) electrons. The largest absolute Gasteiger partial charge is 0.573 e. The first-order chi connectivity index (χ1) is 10.5. The van der Waals surface area contributed by atoms with Gasteiger partial charge in [-0.05, 0) is 45.7 Å². The molecule has 1 aliphatic rings. The number of halogens is 4. The van der Waals surface area contributed by atoms with Gasteiger partial charge in [0.05, 0.1) is 0 Å². The smallest absolute Gasteiger partial charge is 0.490 e. The minimum atomic E-state index is -4.75. The Kier molecular flexibility index (Phi) is 5.36. The minimum Gasteiger partial charge on any atom is -0.490 e. The van der Waals surface area contributed by atoms with Crippen LogP contribution in [-0.4, -0.2) is 36.0 Å². The Bertz CT molecular complexity index is 535. The first-order valence-corrected chi connectivity index (χ1v) is 7.89. The van der Waals surface area contributed by atoms with Crippen molar-refractivity contribution in [2.75, 3.05) is 13.1 Å². The topological polar surface area (TPSA) is 21.7 Å². The molecule has 2 rings (SSSR count). The van der Waals surface area contributed by atoms with Gasteiger partial charge in [0.25, 0.3) is 0 Å². The van der Waals surface area contributed by atoms with Crippen LogP contribution in [0.25, 0.3) is 0 Å². The van der Waals surface area contributed by atoms with Crippen LogP contribution in [0.15, 0.2) is 18.2 Å². The van der Waals surface area contributed by atoms with E-state index in [0.29, 0.717) is 5.75 Å². The Balaban J connectivity index is 1.98. The summed E-state index contributed by atoms with van der Waals surface area (Å²) in [5.41, 5.74) is 0.106. The molecule has 23 heavy (non-hydrogen) atoms. The van der Waals surface area contributed by atoms with Crippen molar-refractivity contribution in [3.63, 3.8) is 0 Å². The molecule has 0 spiro atoms. The third-order valence-electron chi connectivity index (χ3n) is 3.77. The van der Waals surface area contributed by atoms with Gasteiger partial charge in [-0.25, -0.2) is 0 Å². The summed E-state index contributed by atoms with van der Waals surface area (Å²) >= 11 is 5.84. The SMILES string of the molecule is CC(C)(C)N1CCC(Oc2cc(Cl)cc(OC(F)(F)F)c2)CC1. The highest BCUT2D eigenvalue weighted by atomic mass is 35.5. The number of rotatable bonds is 3. The highest BCUT2D eigenvalue weighted by Gasteiger charge is 2.32. The third-order valence-corrected chi connectivity index (χ3v) is 3.99. The number of benzene rings is 1. The van der Waals surface area contributed by atoms with E-state index in [9.17, 15) is 13.2 Å². The predicted molar refractivity (Wildman–Crippen MR) is 83.1 cm³/mol. The first-order valence-electron chi connectivity index (χ1n) is 7.51. The average molecular weight is 352 g/mol. The van der Waals surface area contributed by atoms with E-state index in [-0.39, 0.29) is 22.4 Å². The van der Waals surface area contributed by atoms with E-state index in [0.717, 1.165) is 32.0 Å². The third kappa shape index (κ3) is 5.77. The molecule has 1 fully saturated rings. The van der Waals surface area contributed by atoms with Crippen molar-refractivity contribution in [1.29, 1.82) is 0 Å². The van der Waals surface area contributed by atoms with Gasteiger partial charge in [0.1, 0.15) is 17.6 Å². The average Bonchev–Trinajstić information content (AvgIpc) is 2.35. The van der Waals surface area contributed by atoms with Gasteiger partial charge in [-0.3, -0.25) is 4.90 Å². The fraction of sp³-hybridized carbons (Fsp3) is 0.625. The van der Waals surface area contributed by atoms with Gasteiger partial charge in [-0.15, -0.1) is 13.2 Å². The normalized spacial score (nSPS) is 18.0. The molecule has 0 N–H and O–H groups in total. The van der Waals surface area contributed by atoms with Crippen LogP contribution in [-0.2, 0) is 0 Å². The van der Waals surface area contributed by atoms with E-state index in [1.165, 1.54) is 12.1 Å². The van der Waals surface area contributed by atoms with Crippen molar-refractivity contribution >= 4 is 11.6 Å². The first kappa shape index (κ1) is 18.2. The van der Waals surface area contributed by atoms with E-state index in [2.05, 4.69) is 30.4 Å². The van der Waals surface area contributed by atoms with Crippen molar-refractivity contribution < 1.29 is 22.6 Å². The molecular weight excluding hydrogens is 331 g/mol. The van der Waals surface area contributed by atoms with Gasteiger partial charge in [0, 0.05) is 29.7 Å². The molecule has 7 heteroatoms. The van der Waals surface area contributed by atoms with Crippen LogP contribution >= 0.6 is 11.6 Å². The van der Waals surface area contributed by atoms with Gasteiger partial charge in [0.15, 0.2) is 0 Å². The van der Waals surface area contributed by atoms with E-state index in [4.69, 9.17) is 16.3 Å². The number of alkyl halides is 3. The highest BCUT2D eigenvalue weighted by Crippen LogP contribution is 2.32. The molecular formula is C16H21ClF3NO2. The maximum absolute atomic E-state index is 12.3. The summed E-state index contributed by atoms with van der Waals surface area (Å²) in [4.78, 5) is 2.36. The zero-order valence-electron chi connectivity index (χ0n) is 13.4. The molecule has 1 aromatic rings. The fourth-order valence-electron chi connectivity index (χ4n) is 2.63. The number of piperidine rings is 1. The minimum absolute atomic E-state index is 0.0363. The van der Waals surface area contributed by atoms with Gasteiger partial charge in [-0.2, -0.15) is 0 Å². The molecule has 130 valence electrons. The quantitative estimate of drug-likeness (QED) is 0.774. The maximum atomic E-state index is 12.3. The molecule has 0 unspecified atom stereocenters. The summed E-state index contributed by atoms with van der Waals surface area (Å²) in [5, 5.41) is 0.147. The van der Waals surface area contributed by atoms with Gasteiger partial charge in [-0.1, -0.05) is 11.6 Å². The second kappa shape index (κ2) is 6.77. The number of hydrogen-bond donors (Lipinski definition) is 0. The molecule has 1 heterocycles. The van der Waals surface area contributed by atoms with Crippen molar-refractivity contribution in [3.8, 4) is 11.5 Å². The molecule has 1 saturated heterocycles. The summed E-state index contributed by atoms with van der Waals surface area (Å²) in [6.07, 6.45) is -3.15. The lowest BCUT2D eigenvalue weighted by molar-refractivity contribution is -0.274. The number of likely N-dealkylation sites (tertiary alicyclic amines) is 1. The van der Waals surface area contributed by atoms with Crippen LogP contribution in [0.1, 0.15) is 33.6 Å². The zero-order valence-corrected chi connectivity index (χ0v) is 14.2. The lowest BCUT2D eigenvalue weighted by atomic mass is 9.99. The lowest BCUT2D eigenvalue weighted by Crippen LogP contribution is -2.48. The van der Waals surface area contributed by atoms with Gasteiger partial charge in [0.2, 0.25) is 0 Å². The highest BCUT2D eigenvalue weighted by molar-refractivity contribution is 6.30. The van der Waals surface area contributed by atoms with E-state index < -0.39 is 6.36 Å². The molecule has 0 aromatic heterocycles.